The topological polar surface area (TPSA) is 93.5 Å². The average Bonchev–Trinajstić information content (AvgIpc) is 2.39. The quantitative estimate of drug-likeness (QED) is 0.446. The van der Waals surface area contributed by atoms with E-state index in [1.807, 2.05) is 0 Å². The number of rotatable bonds is 7. The van der Waals surface area contributed by atoms with Crippen LogP contribution in [-0.2, 0) is 9.53 Å². The van der Waals surface area contributed by atoms with Gasteiger partial charge in [0.05, 0.1) is 18.1 Å². The molecule has 0 aliphatic carbocycles. The molecule has 1 aromatic rings. The van der Waals surface area contributed by atoms with Gasteiger partial charge >= 0.3 is 0 Å². The number of carbonyl (C=O) groups excluding carboxylic acids is 1. The second-order valence-electron chi connectivity index (χ2n) is 4.07. The molecule has 2 N–H and O–H groups in total. The van der Waals surface area contributed by atoms with Gasteiger partial charge in [-0.15, -0.1) is 0 Å². The molecule has 0 spiro atoms. The molecule has 1 amide bonds. The molecule has 0 bridgehead atoms. The smallest absolute Gasteiger partial charge is 0.273 e. The highest BCUT2D eigenvalue weighted by atomic mass is 79.9. The fourth-order valence-corrected chi connectivity index (χ4v) is 2.01. The molecule has 0 unspecified atom stereocenters. The monoisotopic (exact) mass is 345 g/mol. The van der Waals surface area contributed by atoms with E-state index in [-0.39, 0.29) is 18.1 Å². The van der Waals surface area contributed by atoms with Crippen LogP contribution in [-0.4, -0.2) is 37.6 Å². The Kier molecular flexibility index (Phi) is 6.40. The van der Waals surface area contributed by atoms with E-state index in [0.29, 0.717) is 28.9 Å². The van der Waals surface area contributed by atoms with Crippen molar-refractivity contribution in [2.45, 2.75) is 6.92 Å². The molecule has 0 aliphatic rings. The lowest BCUT2D eigenvalue weighted by Crippen LogP contribution is -2.32. The highest BCUT2D eigenvalue weighted by molar-refractivity contribution is 9.10. The molecule has 8 heteroatoms. The summed E-state index contributed by atoms with van der Waals surface area (Å²) in [6.07, 6.45) is 0. The Labute approximate surface area is 125 Å². The van der Waals surface area contributed by atoms with Gasteiger partial charge in [-0.3, -0.25) is 14.9 Å². The maximum Gasteiger partial charge on any atom is 0.273 e. The molecule has 0 atom stereocenters. The summed E-state index contributed by atoms with van der Waals surface area (Å²) in [6, 6.07) is 3.05. The second kappa shape index (κ2) is 7.81. The third kappa shape index (κ3) is 4.78. The van der Waals surface area contributed by atoms with Crippen LogP contribution in [0, 0.1) is 17.0 Å². The van der Waals surface area contributed by atoms with Crippen LogP contribution < -0.4 is 10.6 Å². The third-order valence-corrected chi connectivity index (χ3v) is 3.21. The summed E-state index contributed by atoms with van der Waals surface area (Å²) in [5, 5.41) is 16.4. The Morgan fingerprint density at radius 1 is 1.50 bits per heavy atom. The van der Waals surface area contributed by atoms with E-state index in [4.69, 9.17) is 4.74 Å². The number of ether oxygens (including phenoxy) is 1. The lowest BCUT2D eigenvalue weighted by molar-refractivity contribution is -0.385. The summed E-state index contributed by atoms with van der Waals surface area (Å²) >= 11 is 3.24. The number of nitro benzene ring substituents is 1. The van der Waals surface area contributed by atoms with Gasteiger partial charge in [-0.1, -0.05) is 0 Å². The van der Waals surface area contributed by atoms with Crippen LogP contribution in [0.15, 0.2) is 16.6 Å². The number of anilines is 1. The number of hydrogen-bond acceptors (Lipinski definition) is 5. The number of nitro groups is 1. The lowest BCUT2D eigenvalue weighted by atomic mass is 10.2. The highest BCUT2D eigenvalue weighted by Gasteiger charge is 2.14. The summed E-state index contributed by atoms with van der Waals surface area (Å²) in [5.41, 5.74) is 1.20. The molecule has 110 valence electrons. The molecule has 0 fully saturated rings. The van der Waals surface area contributed by atoms with Crippen molar-refractivity contribution in [2.75, 3.05) is 32.1 Å². The van der Waals surface area contributed by atoms with Crippen LogP contribution in [0.5, 0.6) is 0 Å². The summed E-state index contributed by atoms with van der Waals surface area (Å²) in [7, 11) is 1.56. The van der Waals surface area contributed by atoms with Crippen molar-refractivity contribution < 1.29 is 14.5 Å². The number of carbonyl (C=O) groups is 1. The number of nitrogens with zero attached hydrogens (tertiary/aromatic N) is 1. The zero-order chi connectivity index (χ0) is 15.1. The van der Waals surface area contributed by atoms with Gasteiger partial charge < -0.3 is 15.4 Å². The van der Waals surface area contributed by atoms with Gasteiger partial charge in [0.2, 0.25) is 5.91 Å². The summed E-state index contributed by atoms with van der Waals surface area (Å²) < 4.78 is 5.36. The minimum Gasteiger partial charge on any atom is -0.383 e. The number of amides is 1. The van der Waals surface area contributed by atoms with Gasteiger partial charge in [-0.2, -0.15) is 0 Å². The van der Waals surface area contributed by atoms with Crippen LogP contribution in [0.4, 0.5) is 11.4 Å². The SMILES string of the molecule is COCCNC(=O)CNc1cc(C)c([N+](=O)[O-])cc1Br. The van der Waals surface area contributed by atoms with Gasteiger partial charge in [0.25, 0.3) is 5.69 Å². The second-order valence-corrected chi connectivity index (χ2v) is 4.93. The maximum atomic E-state index is 11.5. The van der Waals surface area contributed by atoms with Gasteiger partial charge in [-0.05, 0) is 28.9 Å². The van der Waals surface area contributed by atoms with Gasteiger partial charge in [0.15, 0.2) is 0 Å². The van der Waals surface area contributed by atoms with Crippen molar-refractivity contribution in [3.8, 4) is 0 Å². The predicted molar refractivity (Wildman–Crippen MR) is 78.9 cm³/mol. The standard InChI is InChI=1S/C12H16BrN3O4/c1-8-5-10(9(13)6-11(8)16(18)19)15-7-12(17)14-3-4-20-2/h5-6,15H,3-4,7H2,1-2H3,(H,14,17). The summed E-state index contributed by atoms with van der Waals surface area (Å²) in [5.74, 6) is -0.176. The van der Waals surface area contributed by atoms with E-state index in [1.54, 1.807) is 20.1 Å². The molecule has 0 aromatic heterocycles. The average molecular weight is 346 g/mol. The zero-order valence-electron chi connectivity index (χ0n) is 11.2. The molecular formula is C12H16BrN3O4. The fraction of sp³-hybridized carbons (Fsp3) is 0.417. The molecule has 0 saturated heterocycles. The van der Waals surface area contributed by atoms with Gasteiger partial charge in [0, 0.05) is 35.4 Å². The van der Waals surface area contributed by atoms with E-state index in [9.17, 15) is 14.9 Å². The molecule has 1 rings (SSSR count). The molecule has 0 aliphatic heterocycles. The molecular weight excluding hydrogens is 330 g/mol. The Bertz CT molecular complexity index is 508. The zero-order valence-corrected chi connectivity index (χ0v) is 12.8. The third-order valence-electron chi connectivity index (χ3n) is 2.55. The van der Waals surface area contributed by atoms with Crippen LogP contribution >= 0.6 is 15.9 Å². The van der Waals surface area contributed by atoms with Crippen molar-refractivity contribution in [3.05, 3.63) is 32.3 Å². The van der Waals surface area contributed by atoms with Crippen molar-refractivity contribution in [1.29, 1.82) is 0 Å². The van der Waals surface area contributed by atoms with Crippen molar-refractivity contribution in [3.63, 3.8) is 0 Å². The molecule has 7 nitrogen and oxygen atoms in total. The summed E-state index contributed by atoms with van der Waals surface area (Å²) in [6.45, 7) is 2.62. The molecule has 20 heavy (non-hydrogen) atoms. The predicted octanol–water partition coefficient (Wildman–Crippen LogP) is 1.84. The first-order valence-corrected chi connectivity index (χ1v) is 6.69. The van der Waals surface area contributed by atoms with E-state index >= 15 is 0 Å². The van der Waals surface area contributed by atoms with Crippen LogP contribution in [0.1, 0.15) is 5.56 Å². The highest BCUT2D eigenvalue weighted by Crippen LogP contribution is 2.30. The lowest BCUT2D eigenvalue weighted by Gasteiger charge is -2.10. The Morgan fingerprint density at radius 2 is 2.20 bits per heavy atom. The number of hydrogen-bond donors (Lipinski definition) is 2. The molecule has 0 radical (unpaired) electrons. The van der Waals surface area contributed by atoms with Crippen LogP contribution in [0.3, 0.4) is 0 Å². The van der Waals surface area contributed by atoms with E-state index in [1.165, 1.54) is 6.07 Å². The Hall–Kier alpha value is -1.67. The molecule has 1 aromatic carbocycles. The van der Waals surface area contributed by atoms with Gasteiger partial charge in [-0.25, -0.2) is 0 Å². The van der Waals surface area contributed by atoms with Crippen molar-refractivity contribution >= 4 is 33.2 Å². The Balaban J connectivity index is 2.63. The minimum atomic E-state index is -0.443. The van der Waals surface area contributed by atoms with E-state index < -0.39 is 4.92 Å². The van der Waals surface area contributed by atoms with Gasteiger partial charge in [0.1, 0.15) is 0 Å². The maximum absolute atomic E-state index is 11.5. The normalized spacial score (nSPS) is 10.2. The van der Waals surface area contributed by atoms with Crippen LogP contribution in [0.2, 0.25) is 0 Å². The Morgan fingerprint density at radius 3 is 2.80 bits per heavy atom. The summed E-state index contributed by atoms with van der Waals surface area (Å²) in [4.78, 5) is 21.9. The van der Waals surface area contributed by atoms with Crippen LogP contribution in [0.25, 0.3) is 0 Å². The first-order valence-electron chi connectivity index (χ1n) is 5.89. The number of halogens is 1. The number of aryl methyl sites for hydroxylation is 1. The number of nitrogens with one attached hydrogen (secondary N) is 2. The molecule has 0 heterocycles. The molecule has 0 saturated carbocycles. The van der Waals surface area contributed by atoms with Crippen molar-refractivity contribution in [2.24, 2.45) is 0 Å². The number of benzene rings is 1. The largest absolute Gasteiger partial charge is 0.383 e. The first-order chi connectivity index (χ1) is 9.45. The fourth-order valence-electron chi connectivity index (χ4n) is 1.53. The first kappa shape index (κ1) is 16.4. The van der Waals surface area contributed by atoms with E-state index in [0.717, 1.165) is 0 Å². The minimum absolute atomic E-state index is 0.0342. The van der Waals surface area contributed by atoms with E-state index in [2.05, 4.69) is 26.6 Å². The van der Waals surface area contributed by atoms with Crippen molar-refractivity contribution in [1.82, 2.24) is 5.32 Å². The number of methoxy groups -OCH3 is 1.